The zero-order valence-corrected chi connectivity index (χ0v) is 19.5. The van der Waals surface area contributed by atoms with Gasteiger partial charge in [0.05, 0.1) is 18.0 Å². The Morgan fingerprint density at radius 2 is 1.24 bits per heavy atom. The molecule has 37 heavy (non-hydrogen) atoms. The van der Waals surface area contributed by atoms with Crippen molar-refractivity contribution in [1.29, 1.82) is 0 Å². The molecule has 4 rings (SSSR count). The maximum absolute atomic E-state index is 13.1. The summed E-state index contributed by atoms with van der Waals surface area (Å²) in [4.78, 5) is 38.5. The Morgan fingerprint density at radius 3 is 1.70 bits per heavy atom. The van der Waals surface area contributed by atoms with Gasteiger partial charge in [0.15, 0.2) is 0 Å². The lowest BCUT2D eigenvalue weighted by molar-refractivity contribution is -0.134. The molecular weight excluding hydrogens is 508 g/mol. The lowest BCUT2D eigenvalue weighted by Crippen LogP contribution is -2.55. The summed E-state index contributed by atoms with van der Waals surface area (Å²) in [5.41, 5.74) is 4.63. The average Bonchev–Trinajstić information content (AvgIpc) is 3.08. The molecule has 1 aliphatic heterocycles. The smallest absolute Gasteiger partial charge is 0.270 e. The van der Waals surface area contributed by atoms with Crippen LogP contribution in [-0.4, -0.2) is 48.9 Å². The molecule has 3 amide bonds. The van der Waals surface area contributed by atoms with Crippen LogP contribution in [0.1, 0.15) is 21.5 Å². The summed E-state index contributed by atoms with van der Waals surface area (Å²) in [7, 11) is -4.57. The van der Waals surface area contributed by atoms with Crippen molar-refractivity contribution in [3.05, 3.63) is 101 Å². The van der Waals surface area contributed by atoms with Crippen LogP contribution in [-0.2, 0) is 19.6 Å². The lowest BCUT2D eigenvalue weighted by Gasteiger charge is -2.23. The number of carbonyl (C=O) groups excluding carboxylic acids is 3. The Balaban J connectivity index is 1.60. The number of sulfonamides is 1. The van der Waals surface area contributed by atoms with Crippen LogP contribution in [0.4, 0.5) is 8.78 Å². The van der Waals surface area contributed by atoms with E-state index in [1.807, 2.05) is 10.9 Å². The number of nitrogens with one attached hydrogen (secondary N) is 2. The molecule has 0 spiro atoms. The number of benzene rings is 3. The van der Waals surface area contributed by atoms with Crippen LogP contribution in [0.5, 0.6) is 0 Å². The minimum absolute atomic E-state index is 0.156. The second-order valence-electron chi connectivity index (χ2n) is 7.58. The fourth-order valence-electron chi connectivity index (χ4n) is 3.35. The summed E-state index contributed by atoms with van der Waals surface area (Å²) in [6, 6.07) is 13.1. The zero-order chi connectivity index (χ0) is 26.6. The second-order valence-corrected chi connectivity index (χ2v) is 9.36. The minimum Gasteiger partial charge on any atom is -0.270 e. The van der Waals surface area contributed by atoms with Gasteiger partial charge in [-0.2, -0.15) is 10.2 Å². The highest BCUT2D eigenvalue weighted by molar-refractivity contribution is 7.90. The molecule has 2 N–H and O–H groups in total. The van der Waals surface area contributed by atoms with Gasteiger partial charge in [0.2, 0.25) is 6.04 Å². The number of hydrazone groups is 2. The summed E-state index contributed by atoms with van der Waals surface area (Å²) in [6.45, 7) is 0. The predicted molar refractivity (Wildman–Crippen MR) is 128 cm³/mol. The van der Waals surface area contributed by atoms with Gasteiger partial charge in [-0.05, 0) is 47.5 Å². The normalized spacial score (nSPS) is 14.4. The first kappa shape index (κ1) is 25.3. The molecule has 0 unspecified atom stereocenters. The lowest BCUT2D eigenvalue weighted by atomic mass is 10.2. The largest absolute Gasteiger partial charge is 0.273 e. The van der Waals surface area contributed by atoms with Crippen LogP contribution in [0.25, 0.3) is 0 Å². The van der Waals surface area contributed by atoms with Crippen LogP contribution in [0.2, 0.25) is 0 Å². The van der Waals surface area contributed by atoms with Crippen LogP contribution < -0.4 is 10.9 Å². The van der Waals surface area contributed by atoms with Crippen LogP contribution in [0, 0.1) is 11.6 Å². The molecule has 0 fully saturated rings. The third kappa shape index (κ3) is 5.41. The Bertz CT molecular complexity index is 1450. The highest BCUT2D eigenvalue weighted by atomic mass is 32.2. The molecule has 13 heteroatoms. The van der Waals surface area contributed by atoms with Crippen LogP contribution >= 0.6 is 0 Å². The Morgan fingerprint density at radius 1 is 0.784 bits per heavy atom. The van der Waals surface area contributed by atoms with Crippen LogP contribution in [0.15, 0.2) is 87.9 Å². The number of fused-ring (bicyclic) bond motifs is 1. The van der Waals surface area contributed by atoms with E-state index in [0.717, 1.165) is 36.7 Å². The molecule has 0 saturated heterocycles. The van der Waals surface area contributed by atoms with E-state index in [0.29, 0.717) is 11.1 Å². The molecule has 0 radical (unpaired) electrons. The summed E-state index contributed by atoms with van der Waals surface area (Å²) in [5.74, 6) is -4.57. The molecule has 0 aromatic heterocycles. The Kier molecular flexibility index (Phi) is 7.15. The van der Waals surface area contributed by atoms with Crippen LogP contribution in [0.3, 0.4) is 0 Å². The van der Waals surface area contributed by atoms with Crippen molar-refractivity contribution in [2.45, 2.75) is 10.9 Å². The summed E-state index contributed by atoms with van der Waals surface area (Å²) in [6.07, 6.45) is 2.27. The van der Waals surface area contributed by atoms with Crippen molar-refractivity contribution >= 4 is 40.2 Å². The number of carbonyl (C=O) groups is 3. The zero-order valence-electron chi connectivity index (χ0n) is 18.7. The van der Waals surface area contributed by atoms with Gasteiger partial charge in [-0.25, -0.2) is 32.4 Å². The van der Waals surface area contributed by atoms with Crippen molar-refractivity contribution in [3.8, 4) is 0 Å². The number of amides is 3. The van der Waals surface area contributed by atoms with E-state index in [1.165, 1.54) is 48.5 Å². The van der Waals surface area contributed by atoms with E-state index < -0.39 is 45.4 Å². The van der Waals surface area contributed by atoms with Gasteiger partial charge < -0.3 is 0 Å². The number of hydrogen-bond donors (Lipinski definition) is 2. The molecular formula is C24H17F2N5O5S. The maximum Gasteiger partial charge on any atom is 0.273 e. The highest BCUT2D eigenvalue weighted by Crippen LogP contribution is 2.31. The second kappa shape index (κ2) is 10.5. The van der Waals surface area contributed by atoms with Gasteiger partial charge >= 0.3 is 0 Å². The van der Waals surface area contributed by atoms with E-state index >= 15 is 0 Å². The summed E-state index contributed by atoms with van der Waals surface area (Å²) in [5, 5.41) is 7.34. The van der Waals surface area contributed by atoms with E-state index in [-0.39, 0.29) is 14.8 Å². The van der Waals surface area contributed by atoms with Crippen molar-refractivity contribution in [1.82, 2.24) is 15.2 Å². The molecule has 1 aliphatic rings. The molecule has 10 nitrogen and oxygen atoms in total. The molecule has 0 atom stereocenters. The van der Waals surface area contributed by atoms with E-state index in [2.05, 4.69) is 10.2 Å². The topological polar surface area (TPSA) is 137 Å². The molecule has 188 valence electrons. The van der Waals surface area contributed by atoms with Gasteiger partial charge in [-0.1, -0.05) is 36.4 Å². The van der Waals surface area contributed by atoms with Gasteiger partial charge in [0.25, 0.3) is 27.7 Å². The summed E-state index contributed by atoms with van der Waals surface area (Å²) >= 11 is 0. The first-order chi connectivity index (χ1) is 17.7. The van der Waals surface area contributed by atoms with E-state index in [4.69, 9.17) is 0 Å². The van der Waals surface area contributed by atoms with Gasteiger partial charge in [-0.3, -0.25) is 14.4 Å². The number of halogens is 2. The fourth-order valence-corrected chi connectivity index (χ4v) is 5.03. The van der Waals surface area contributed by atoms with E-state index in [1.54, 1.807) is 0 Å². The quantitative estimate of drug-likeness (QED) is 0.275. The van der Waals surface area contributed by atoms with Crippen molar-refractivity contribution in [2.75, 3.05) is 0 Å². The molecule has 3 aromatic rings. The predicted octanol–water partition coefficient (Wildman–Crippen LogP) is 1.78. The minimum atomic E-state index is -4.57. The van der Waals surface area contributed by atoms with Crippen molar-refractivity contribution in [3.63, 3.8) is 0 Å². The summed E-state index contributed by atoms with van der Waals surface area (Å²) < 4.78 is 52.5. The van der Waals surface area contributed by atoms with Crippen molar-refractivity contribution in [2.24, 2.45) is 10.2 Å². The molecule has 3 aromatic carbocycles. The molecule has 0 bridgehead atoms. The van der Waals surface area contributed by atoms with E-state index in [9.17, 15) is 31.6 Å². The monoisotopic (exact) mass is 525 g/mol. The Labute approximate surface area is 209 Å². The maximum atomic E-state index is 13.1. The molecule has 1 heterocycles. The SMILES string of the molecule is O=C(N/N=C/c1ccc(F)cc1)C(C(=O)N/N=C/c1ccc(F)cc1)N1C(=O)c2ccccc2S1(=O)=O. The number of nitrogens with zero attached hydrogens (tertiary/aromatic N) is 3. The van der Waals surface area contributed by atoms with Crippen molar-refractivity contribution < 1.29 is 31.6 Å². The highest BCUT2D eigenvalue weighted by Gasteiger charge is 2.50. The number of hydrogen-bond acceptors (Lipinski definition) is 7. The fraction of sp³-hybridized carbons (Fsp3) is 0.0417. The van der Waals surface area contributed by atoms with Gasteiger partial charge in [-0.15, -0.1) is 0 Å². The number of rotatable bonds is 7. The standard InChI is InChI=1S/C24H17F2N5O5S/c25-17-9-5-15(6-10-17)13-27-29-22(32)21(23(33)30-28-14-16-7-11-18(26)12-8-16)31-24(34)19-3-1-2-4-20(19)37(31,35)36/h1-14,21H,(H,29,32)(H,30,33)/b27-13+,28-14+. The first-order valence-corrected chi connectivity index (χ1v) is 12.0. The first-order valence-electron chi connectivity index (χ1n) is 10.5. The third-order valence-corrected chi connectivity index (χ3v) is 6.91. The van der Waals surface area contributed by atoms with Gasteiger partial charge in [0.1, 0.15) is 16.5 Å². The average molecular weight is 525 g/mol. The van der Waals surface area contributed by atoms with Gasteiger partial charge in [0, 0.05) is 0 Å². The molecule has 0 saturated carbocycles. The third-order valence-electron chi connectivity index (χ3n) is 5.10. The molecule has 0 aliphatic carbocycles. The Hall–Kier alpha value is -4.78.